The van der Waals surface area contributed by atoms with Crippen molar-refractivity contribution in [3.05, 3.63) is 89.0 Å². The first-order valence-corrected chi connectivity index (χ1v) is 9.98. The van der Waals surface area contributed by atoms with Crippen molar-refractivity contribution >= 4 is 5.97 Å². The lowest BCUT2D eigenvalue weighted by atomic mass is 9.97. The fraction of sp³-hybridized carbons (Fsp3) is 0.240. The maximum Gasteiger partial charge on any atom is 0.307 e. The van der Waals surface area contributed by atoms with Gasteiger partial charge < -0.3 is 15.6 Å². The van der Waals surface area contributed by atoms with Gasteiger partial charge in [0.1, 0.15) is 12.4 Å². The van der Waals surface area contributed by atoms with E-state index in [9.17, 15) is 4.79 Å². The van der Waals surface area contributed by atoms with Crippen molar-refractivity contribution in [2.75, 3.05) is 0 Å². The van der Waals surface area contributed by atoms with Crippen molar-refractivity contribution in [1.29, 1.82) is 0 Å². The Kier molecular flexibility index (Phi) is 5.63. The molecule has 0 amide bonds. The lowest BCUT2D eigenvalue weighted by Crippen LogP contribution is -2.04. The first-order valence-electron chi connectivity index (χ1n) is 9.98. The second-order valence-electron chi connectivity index (χ2n) is 7.61. The molecule has 1 aliphatic rings. The number of carboxylic acid groups (broad SMARTS) is 1. The molecule has 4 rings (SSSR count). The van der Waals surface area contributed by atoms with Crippen LogP contribution in [0.4, 0.5) is 0 Å². The van der Waals surface area contributed by atoms with E-state index in [4.69, 9.17) is 15.6 Å². The van der Waals surface area contributed by atoms with Gasteiger partial charge in [-0.25, -0.2) is 0 Å². The van der Waals surface area contributed by atoms with Crippen LogP contribution in [0.1, 0.15) is 41.0 Å². The van der Waals surface area contributed by atoms with Gasteiger partial charge in [0.05, 0.1) is 6.42 Å². The van der Waals surface area contributed by atoms with Crippen LogP contribution in [0, 0.1) is 0 Å². The van der Waals surface area contributed by atoms with E-state index in [1.807, 2.05) is 30.3 Å². The summed E-state index contributed by atoms with van der Waals surface area (Å²) in [5.41, 5.74) is 12.4. The molecule has 1 fully saturated rings. The number of nitrogens with two attached hydrogens (primary N) is 1. The molecule has 4 heteroatoms. The summed E-state index contributed by atoms with van der Waals surface area (Å²) in [7, 11) is 0. The van der Waals surface area contributed by atoms with Crippen molar-refractivity contribution in [3.8, 4) is 16.9 Å². The Balaban J connectivity index is 1.61. The van der Waals surface area contributed by atoms with Gasteiger partial charge in [-0.2, -0.15) is 0 Å². The molecule has 0 atom stereocenters. The molecular weight excluding hydrogens is 362 g/mol. The molecule has 0 bridgehead atoms. The fourth-order valence-corrected chi connectivity index (χ4v) is 3.61. The molecular formula is C25H25NO3. The molecule has 0 aliphatic heterocycles. The lowest BCUT2D eigenvalue weighted by molar-refractivity contribution is -0.136. The molecule has 29 heavy (non-hydrogen) atoms. The smallest absolute Gasteiger partial charge is 0.307 e. The van der Waals surface area contributed by atoms with Gasteiger partial charge in [0.25, 0.3) is 0 Å². The average Bonchev–Trinajstić information content (AvgIpc) is 3.58. The SMILES string of the molecule is NCc1cccc(-c2cc(COc3ccccc3CC(=O)O)cc(C3CC3)c2)c1. The van der Waals surface area contributed by atoms with Gasteiger partial charge in [-0.1, -0.05) is 48.5 Å². The lowest BCUT2D eigenvalue weighted by Gasteiger charge is -2.13. The second-order valence-corrected chi connectivity index (χ2v) is 7.61. The molecule has 1 saturated carbocycles. The first-order chi connectivity index (χ1) is 14.1. The van der Waals surface area contributed by atoms with E-state index in [0.717, 1.165) is 16.7 Å². The van der Waals surface area contributed by atoms with Crippen molar-refractivity contribution in [3.63, 3.8) is 0 Å². The van der Waals surface area contributed by atoms with E-state index < -0.39 is 5.97 Å². The Morgan fingerprint density at radius 2 is 1.76 bits per heavy atom. The maximum absolute atomic E-state index is 11.1. The summed E-state index contributed by atoms with van der Waals surface area (Å²) in [5.74, 6) is 0.392. The van der Waals surface area contributed by atoms with Gasteiger partial charge in [0.2, 0.25) is 0 Å². The minimum Gasteiger partial charge on any atom is -0.489 e. The third-order valence-corrected chi connectivity index (χ3v) is 5.27. The van der Waals surface area contributed by atoms with E-state index in [1.165, 1.54) is 24.0 Å². The number of rotatable bonds is 8. The number of hydrogen-bond donors (Lipinski definition) is 2. The highest BCUT2D eigenvalue weighted by molar-refractivity contribution is 5.71. The fourth-order valence-electron chi connectivity index (χ4n) is 3.61. The van der Waals surface area contributed by atoms with Crippen molar-refractivity contribution < 1.29 is 14.6 Å². The molecule has 0 saturated heterocycles. The van der Waals surface area contributed by atoms with Crippen LogP contribution in [0.2, 0.25) is 0 Å². The third-order valence-electron chi connectivity index (χ3n) is 5.27. The van der Waals surface area contributed by atoms with Crippen LogP contribution in [-0.2, 0) is 24.4 Å². The van der Waals surface area contributed by atoms with Gasteiger partial charge >= 0.3 is 5.97 Å². The van der Waals surface area contributed by atoms with Gasteiger partial charge in [-0.05, 0) is 64.8 Å². The van der Waals surface area contributed by atoms with Crippen LogP contribution in [0.5, 0.6) is 5.75 Å². The topological polar surface area (TPSA) is 72.5 Å². The number of carboxylic acids is 1. The predicted molar refractivity (Wildman–Crippen MR) is 114 cm³/mol. The van der Waals surface area contributed by atoms with Gasteiger partial charge in [-0.3, -0.25) is 4.79 Å². The molecule has 1 aliphatic carbocycles. The molecule has 0 heterocycles. The van der Waals surface area contributed by atoms with Crippen molar-refractivity contribution in [2.24, 2.45) is 5.73 Å². The Morgan fingerprint density at radius 3 is 2.52 bits per heavy atom. The van der Waals surface area contributed by atoms with Crippen LogP contribution >= 0.6 is 0 Å². The van der Waals surface area contributed by atoms with Crippen molar-refractivity contribution in [1.82, 2.24) is 0 Å². The molecule has 4 nitrogen and oxygen atoms in total. The minimum absolute atomic E-state index is 0.0462. The number of aliphatic carboxylic acids is 1. The monoisotopic (exact) mass is 387 g/mol. The van der Waals surface area contributed by atoms with Crippen LogP contribution in [0.25, 0.3) is 11.1 Å². The molecule has 0 spiro atoms. The van der Waals surface area contributed by atoms with E-state index >= 15 is 0 Å². The highest BCUT2D eigenvalue weighted by Crippen LogP contribution is 2.42. The molecule has 3 aromatic rings. The van der Waals surface area contributed by atoms with Crippen molar-refractivity contribution in [2.45, 2.75) is 38.3 Å². The van der Waals surface area contributed by atoms with Crippen LogP contribution in [-0.4, -0.2) is 11.1 Å². The summed E-state index contributed by atoms with van der Waals surface area (Å²) in [4.78, 5) is 11.1. The van der Waals surface area contributed by atoms with Gasteiger partial charge in [0, 0.05) is 12.1 Å². The largest absolute Gasteiger partial charge is 0.489 e. The normalized spacial score (nSPS) is 13.3. The number of hydrogen-bond acceptors (Lipinski definition) is 3. The highest BCUT2D eigenvalue weighted by Gasteiger charge is 2.24. The standard InChI is InChI=1S/C25H25NO3/c26-15-17-4-3-6-20(10-17)23-12-18(11-22(13-23)19-8-9-19)16-29-24-7-2-1-5-21(24)14-25(27)28/h1-7,10-13,19H,8-9,14-16,26H2,(H,27,28). The number of carbonyl (C=O) groups is 1. The number of benzene rings is 3. The molecule has 0 radical (unpaired) electrons. The predicted octanol–water partition coefficient (Wildman–Crippen LogP) is 4.90. The Hall–Kier alpha value is -3.11. The average molecular weight is 387 g/mol. The van der Waals surface area contributed by atoms with Crippen LogP contribution in [0.3, 0.4) is 0 Å². The minimum atomic E-state index is -0.862. The zero-order chi connectivity index (χ0) is 20.2. The van der Waals surface area contributed by atoms with E-state index in [0.29, 0.717) is 30.4 Å². The quantitative estimate of drug-likeness (QED) is 0.577. The first kappa shape index (κ1) is 19.2. The summed E-state index contributed by atoms with van der Waals surface area (Å²) in [6.07, 6.45) is 2.41. The zero-order valence-electron chi connectivity index (χ0n) is 16.3. The molecule has 3 N–H and O–H groups in total. The Morgan fingerprint density at radius 1 is 0.966 bits per heavy atom. The zero-order valence-corrected chi connectivity index (χ0v) is 16.3. The van der Waals surface area contributed by atoms with Gasteiger partial charge in [0.15, 0.2) is 0 Å². The highest BCUT2D eigenvalue weighted by atomic mass is 16.5. The van der Waals surface area contributed by atoms with E-state index in [2.05, 4.69) is 30.3 Å². The summed E-state index contributed by atoms with van der Waals surface area (Å²) in [6.45, 7) is 0.924. The van der Waals surface area contributed by atoms with E-state index in [-0.39, 0.29) is 6.42 Å². The van der Waals surface area contributed by atoms with Crippen LogP contribution in [0.15, 0.2) is 66.7 Å². The molecule has 0 unspecified atom stereocenters. The Bertz CT molecular complexity index is 1020. The molecule has 3 aromatic carbocycles. The summed E-state index contributed by atoms with van der Waals surface area (Å²) in [5, 5.41) is 9.12. The second kappa shape index (κ2) is 8.50. The molecule has 0 aromatic heterocycles. The van der Waals surface area contributed by atoms with E-state index in [1.54, 1.807) is 6.07 Å². The Labute approximate surface area is 171 Å². The maximum atomic E-state index is 11.1. The molecule has 148 valence electrons. The number of ether oxygens (including phenoxy) is 1. The van der Waals surface area contributed by atoms with Crippen LogP contribution < -0.4 is 10.5 Å². The third kappa shape index (κ3) is 4.84. The summed E-state index contributed by atoms with van der Waals surface area (Å²) >= 11 is 0. The summed E-state index contributed by atoms with van der Waals surface area (Å²) in [6, 6.07) is 22.3. The van der Waals surface area contributed by atoms with Gasteiger partial charge in [-0.15, -0.1) is 0 Å². The summed E-state index contributed by atoms with van der Waals surface area (Å²) < 4.78 is 6.03. The number of para-hydroxylation sites is 1.